The molecule has 3 rings (SSSR count). The maximum Gasteiger partial charge on any atom is 0.337 e. The zero-order valence-electron chi connectivity index (χ0n) is 10.8. The van der Waals surface area contributed by atoms with Gasteiger partial charge in [0.2, 0.25) is 0 Å². The molecule has 0 amide bonds. The first kappa shape index (κ1) is 13.0. The summed E-state index contributed by atoms with van der Waals surface area (Å²) in [6.07, 6.45) is 6.26. The lowest BCUT2D eigenvalue weighted by atomic mass is 9.91. The Kier molecular flexibility index (Phi) is 3.52. The topological polar surface area (TPSA) is 40.5 Å². The number of rotatable bonds is 2. The van der Waals surface area contributed by atoms with Crippen LogP contribution in [0, 0.1) is 5.92 Å². The normalized spacial score (nSPS) is 26.3. The van der Waals surface area contributed by atoms with Gasteiger partial charge in [-0.05, 0) is 49.8 Å². The standard InChI is InChI=1S/C15H18BrNO2/c16-11-6-7-12(15(18)19)14(9-11)17-8-2-4-10-3-1-5-13(10)17/h6-7,9-10,13H,1-5,8H2,(H,18,19). The van der Waals surface area contributed by atoms with Crippen LogP contribution in [0.2, 0.25) is 0 Å². The summed E-state index contributed by atoms with van der Waals surface area (Å²) in [4.78, 5) is 13.8. The van der Waals surface area contributed by atoms with Crippen molar-refractivity contribution in [3.8, 4) is 0 Å². The Morgan fingerprint density at radius 3 is 2.84 bits per heavy atom. The van der Waals surface area contributed by atoms with E-state index in [-0.39, 0.29) is 0 Å². The number of hydrogen-bond donors (Lipinski definition) is 1. The number of hydrogen-bond acceptors (Lipinski definition) is 2. The number of nitrogens with zero attached hydrogens (tertiary/aromatic N) is 1. The molecule has 0 spiro atoms. The Balaban J connectivity index is 2.00. The zero-order chi connectivity index (χ0) is 13.4. The minimum absolute atomic E-state index is 0.427. The molecule has 1 aliphatic carbocycles. The van der Waals surface area contributed by atoms with E-state index in [1.807, 2.05) is 12.1 Å². The second-order valence-corrected chi connectivity index (χ2v) is 6.48. The predicted octanol–water partition coefficient (Wildman–Crippen LogP) is 3.92. The molecule has 1 aromatic carbocycles. The second-order valence-electron chi connectivity index (χ2n) is 5.56. The smallest absolute Gasteiger partial charge is 0.337 e. The molecule has 1 aromatic rings. The molecule has 4 heteroatoms. The van der Waals surface area contributed by atoms with Crippen molar-refractivity contribution in [2.75, 3.05) is 11.4 Å². The van der Waals surface area contributed by atoms with Crippen LogP contribution in [0.25, 0.3) is 0 Å². The van der Waals surface area contributed by atoms with Gasteiger partial charge in [-0.25, -0.2) is 4.79 Å². The van der Waals surface area contributed by atoms with Gasteiger partial charge >= 0.3 is 5.97 Å². The molecule has 2 atom stereocenters. The van der Waals surface area contributed by atoms with E-state index in [4.69, 9.17) is 0 Å². The van der Waals surface area contributed by atoms with Crippen LogP contribution in [0.15, 0.2) is 22.7 Å². The molecule has 0 bridgehead atoms. The highest BCUT2D eigenvalue weighted by molar-refractivity contribution is 9.10. The highest BCUT2D eigenvalue weighted by atomic mass is 79.9. The number of carbonyl (C=O) groups is 1. The van der Waals surface area contributed by atoms with Crippen molar-refractivity contribution in [2.45, 2.75) is 38.1 Å². The predicted molar refractivity (Wildman–Crippen MR) is 78.8 cm³/mol. The molecule has 102 valence electrons. The van der Waals surface area contributed by atoms with E-state index >= 15 is 0 Å². The molecule has 1 heterocycles. The molecule has 1 aliphatic heterocycles. The van der Waals surface area contributed by atoms with Gasteiger partial charge in [0.05, 0.1) is 11.3 Å². The molecule has 0 aromatic heterocycles. The summed E-state index contributed by atoms with van der Waals surface area (Å²) >= 11 is 3.47. The van der Waals surface area contributed by atoms with Crippen LogP contribution in [-0.4, -0.2) is 23.7 Å². The number of benzene rings is 1. The first-order valence-corrected chi connectivity index (χ1v) is 7.75. The summed E-state index contributed by atoms with van der Waals surface area (Å²) in [6.45, 7) is 0.984. The van der Waals surface area contributed by atoms with Crippen molar-refractivity contribution in [2.24, 2.45) is 5.92 Å². The van der Waals surface area contributed by atoms with E-state index in [0.717, 1.165) is 22.6 Å². The van der Waals surface area contributed by atoms with E-state index in [9.17, 15) is 9.90 Å². The fourth-order valence-electron chi connectivity index (χ4n) is 3.68. The maximum absolute atomic E-state index is 11.4. The third-order valence-corrected chi connectivity index (χ3v) is 4.99. The third kappa shape index (κ3) is 2.38. The monoisotopic (exact) mass is 323 g/mol. The van der Waals surface area contributed by atoms with Crippen molar-refractivity contribution < 1.29 is 9.90 Å². The van der Waals surface area contributed by atoms with E-state index in [1.54, 1.807) is 6.07 Å². The molecular weight excluding hydrogens is 306 g/mol. The van der Waals surface area contributed by atoms with Gasteiger partial charge < -0.3 is 10.0 Å². The quantitative estimate of drug-likeness (QED) is 0.896. The fraction of sp³-hybridized carbons (Fsp3) is 0.533. The average molecular weight is 324 g/mol. The van der Waals surface area contributed by atoms with Gasteiger partial charge in [-0.3, -0.25) is 0 Å². The van der Waals surface area contributed by atoms with E-state index < -0.39 is 5.97 Å². The molecular formula is C15H18BrNO2. The minimum atomic E-state index is -0.831. The van der Waals surface area contributed by atoms with E-state index in [0.29, 0.717) is 11.6 Å². The highest BCUT2D eigenvalue weighted by Gasteiger charge is 2.36. The highest BCUT2D eigenvalue weighted by Crippen LogP contribution is 2.40. The number of anilines is 1. The fourth-order valence-corrected chi connectivity index (χ4v) is 4.03. The van der Waals surface area contributed by atoms with Gasteiger partial charge in [-0.2, -0.15) is 0 Å². The molecule has 2 unspecified atom stereocenters. The van der Waals surface area contributed by atoms with Crippen LogP contribution in [-0.2, 0) is 0 Å². The van der Waals surface area contributed by atoms with Crippen molar-refractivity contribution >= 4 is 27.6 Å². The third-order valence-electron chi connectivity index (χ3n) is 4.49. The molecule has 1 saturated carbocycles. The van der Waals surface area contributed by atoms with Crippen molar-refractivity contribution in [1.82, 2.24) is 0 Å². The molecule has 3 nitrogen and oxygen atoms in total. The van der Waals surface area contributed by atoms with Gasteiger partial charge in [0.15, 0.2) is 0 Å². The van der Waals surface area contributed by atoms with Crippen molar-refractivity contribution in [3.63, 3.8) is 0 Å². The first-order chi connectivity index (χ1) is 9.16. The average Bonchev–Trinajstić information content (AvgIpc) is 2.86. The van der Waals surface area contributed by atoms with Crippen LogP contribution in [0.5, 0.6) is 0 Å². The van der Waals surface area contributed by atoms with E-state index in [1.165, 1.54) is 32.1 Å². The molecule has 19 heavy (non-hydrogen) atoms. The van der Waals surface area contributed by atoms with Crippen LogP contribution >= 0.6 is 15.9 Å². The number of halogens is 1. The number of fused-ring (bicyclic) bond motifs is 1. The maximum atomic E-state index is 11.4. The van der Waals surface area contributed by atoms with Gasteiger partial charge in [0.1, 0.15) is 0 Å². The van der Waals surface area contributed by atoms with E-state index in [2.05, 4.69) is 20.8 Å². The van der Waals surface area contributed by atoms with Crippen LogP contribution in [0.4, 0.5) is 5.69 Å². The molecule has 0 radical (unpaired) electrons. The Hall–Kier alpha value is -1.03. The van der Waals surface area contributed by atoms with Gasteiger partial charge in [0, 0.05) is 17.1 Å². The SMILES string of the molecule is O=C(O)c1ccc(Br)cc1N1CCCC2CCCC21. The lowest BCUT2D eigenvalue weighted by Gasteiger charge is -2.40. The Bertz CT molecular complexity index is 503. The van der Waals surface area contributed by atoms with Crippen molar-refractivity contribution in [3.05, 3.63) is 28.2 Å². The summed E-state index contributed by atoms with van der Waals surface area (Å²) in [6, 6.07) is 6.02. The Labute approximate surface area is 121 Å². The van der Waals surface area contributed by atoms with Crippen molar-refractivity contribution in [1.29, 1.82) is 0 Å². The summed E-state index contributed by atoms with van der Waals surface area (Å²) in [5.74, 6) is -0.0722. The Morgan fingerprint density at radius 2 is 2.05 bits per heavy atom. The molecule has 1 saturated heterocycles. The van der Waals surface area contributed by atoms with Gasteiger partial charge in [-0.1, -0.05) is 22.4 Å². The lowest BCUT2D eigenvalue weighted by molar-refractivity contribution is 0.0697. The number of piperidine rings is 1. The number of carboxylic acid groups (broad SMARTS) is 1. The van der Waals surface area contributed by atoms with Crippen LogP contribution < -0.4 is 4.90 Å². The van der Waals surface area contributed by atoms with Gasteiger partial charge in [0.25, 0.3) is 0 Å². The first-order valence-electron chi connectivity index (χ1n) is 6.96. The largest absolute Gasteiger partial charge is 0.478 e. The summed E-state index contributed by atoms with van der Waals surface area (Å²) in [5.41, 5.74) is 1.31. The summed E-state index contributed by atoms with van der Waals surface area (Å²) < 4.78 is 0.952. The second kappa shape index (κ2) is 5.16. The minimum Gasteiger partial charge on any atom is -0.478 e. The zero-order valence-corrected chi connectivity index (χ0v) is 12.4. The van der Waals surface area contributed by atoms with Crippen LogP contribution in [0.3, 0.4) is 0 Å². The molecule has 2 aliphatic rings. The Morgan fingerprint density at radius 1 is 1.26 bits per heavy atom. The lowest BCUT2D eigenvalue weighted by Crippen LogP contribution is -2.43. The number of carboxylic acids is 1. The van der Waals surface area contributed by atoms with Crippen LogP contribution in [0.1, 0.15) is 42.5 Å². The molecule has 2 fully saturated rings. The van der Waals surface area contributed by atoms with Gasteiger partial charge in [-0.15, -0.1) is 0 Å². The summed E-state index contributed by atoms with van der Waals surface area (Å²) in [5, 5.41) is 9.39. The molecule has 1 N–H and O–H groups in total. The summed E-state index contributed by atoms with van der Waals surface area (Å²) in [7, 11) is 0. The number of aromatic carboxylic acids is 1.